The van der Waals surface area contributed by atoms with Crippen molar-refractivity contribution in [2.24, 2.45) is 0 Å². The van der Waals surface area contributed by atoms with Crippen molar-refractivity contribution in [3.63, 3.8) is 0 Å². The van der Waals surface area contributed by atoms with Crippen molar-refractivity contribution in [3.8, 4) is 33.4 Å². The molecule has 276 valence electrons. The summed E-state index contributed by atoms with van der Waals surface area (Å²) in [5, 5.41) is 9.59. The van der Waals surface area contributed by atoms with Gasteiger partial charge in [0.25, 0.3) is 0 Å². The quantitative estimate of drug-likeness (QED) is 0.157. The summed E-state index contributed by atoms with van der Waals surface area (Å²) in [4.78, 5) is 2.51. The third-order valence-corrected chi connectivity index (χ3v) is 13.1. The molecule has 0 spiro atoms. The van der Waals surface area contributed by atoms with E-state index in [0.29, 0.717) is 0 Å². The molecule has 2 heterocycles. The lowest BCUT2D eigenvalue weighted by Gasteiger charge is -2.32. The Hall–Kier alpha value is -7.46. The zero-order valence-electron chi connectivity index (χ0n) is 32.0. The van der Waals surface area contributed by atoms with Crippen LogP contribution in [-0.2, 0) is 0 Å². The second kappa shape index (κ2) is 13.6. The summed E-state index contributed by atoms with van der Waals surface area (Å²) in [6.45, 7) is 0. The van der Waals surface area contributed by atoms with Gasteiger partial charge < -0.3 is 9.32 Å². The summed E-state index contributed by atoms with van der Waals surface area (Å²) in [6.07, 6.45) is 0. The molecule has 0 saturated carbocycles. The van der Waals surface area contributed by atoms with E-state index < -0.39 is 0 Å². The van der Waals surface area contributed by atoms with Crippen molar-refractivity contribution in [1.82, 2.24) is 0 Å². The smallest absolute Gasteiger partial charge is 0.137 e. The van der Waals surface area contributed by atoms with Gasteiger partial charge in [-0.1, -0.05) is 176 Å². The summed E-state index contributed by atoms with van der Waals surface area (Å²) < 4.78 is 9.22. The summed E-state index contributed by atoms with van der Waals surface area (Å²) in [5.74, 6) is 0. The molecule has 0 fully saturated rings. The van der Waals surface area contributed by atoms with Crippen molar-refractivity contribution in [3.05, 3.63) is 212 Å². The summed E-state index contributed by atoms with van der Waals surface area (Å²) in [6, 6.07) is 77.1. The number of furan rings is 1. The summed E-state index contributed by atoms with van der Waals surface area (Å²) >= 11 is 1.87. The highest BCUT2D eigenvalue weighted by Crippen LogP contribution is 2.54. The van der Waals surface area contributed by atoms with Crippen LogP contribution in [0, 0.1) is 0 Å². The van der Waals surface area contributed by atoms with Gasteiger partial charge in [0.1, 0.15) is 11.2 Å². The fraction of sp³-hybridized carbons (Fsp3) is 0. The number of para-hydroxylation sites is 2. The molecule has 0 radical (unpaired) electrons. The molecule has 2 nitrogen and oxygen atoms in total. The Morgan fingerprint density at radius 1 is 0.356 bits per heavy atom. The Balaban J connectivity index is 1.24. The molecule has 12 rings (SSSR count). The molecular weight excluding hydrogens is 735 g/mol. The molecule has 0 aliphatic rings. The van der Waals surface area contributed by atoms with E-state index in [9.17, 15) is 0 Å². The first-order chi connectivity index (χ1) is 29.3. The van der Waals surface area contributed by atoms with Crippen LogP contribution >= 0.6 is 11.3 Å². The number of hydrogen-bond donors (Lipinski definition) is 0. The van der Waals surface area contributed by atoms with E-state index in [1.54, 1.807) is 0 Å². The van der Waals surface area contributed by atoms with Crippen LogP contribution in [0.25, 0.3) is 97.0 Å². The van der Waals surface area contributed by atoms with Crippen molar-refractivity contribution in [2.45, 2.75) is 0 Å². The van der Waals surface area contributed by atoms with Crippen LogP contribution in [0.3, 0.4) is 0 Å². The molecule has 0 unspecified atom stereocenters. The van der Waals surface area contributed by atoms with E-state index in [2.05, 4.69) is 211 Å². The second-order valence-corrected chi connectivity index (χ2v) is 16.2. The van der Waals surface area contributed by atoms with Crippen LogP contribution in [0.15, 0.2) is 217 Å². The van der Waals surface area contributed by atoms with Gasteiger partial charge in [0.05, 0.1) is 11.4 Å². The fourth-order valence-electron chi connectivity index (χ4n) is 9.30. The lowest BCUT2D eigenvalue weighted by atomic mass is 9.86. The lowest BCUT2D eigenvalue weighted by Crippen LogP contribution is -2.13. The number of nitrogens with zero attached hydrogens (tertiary/aromatic N) is 1. The minimum Gasteiger partial charge on any atom is -0.456 e. The van der Waals surface area contributed by atoms with Crippen molar-refractivity contribution < 1.29 is 4.42 Å². The highest BCUT2D eigenvalue weighted by molar-refractivity contribution is 7.26. The third kappa shape index (κ3) is 5.33. The summed E-state index contributed by atoms with van der Waals surface area (Å²) in [5.41, 5.74) is 12.1. The Morgan fingerprint density at radius 2 is 0.932 bits per heavy atom. The number of benzene rings is 10. The van der Waals surface area contributed by atoms with Gasteiger partial charge in [0.2, 0.25) is 0 Å². The van der Waals surface area contributed by atoms with Crippen molar-refractivity contribution >= 4 is 92.1 Å². The van der Waals surface area contributed by atoms with E-state index in [4.69, 9.17) is 4.42 Å². The maximum absolute atomic E-state index is 6.65. The predicted octanol–water partition coefficient (Wildman–Crippen LogP) is 16.7. The molecule has 0 aliphatic heterocycles. The first kappa shape index (κ1) is 33.7. The number of rotatable bonds is 6. The van der Waals surface area contributed by atoms with Crippen LogP contribution in [-0.4, -0.2) is 0 Å². The molecule has 12 aromatic rings. The average molecular weight is 770 g/mol. The topological polar surface area (TPSA) is 16.4 Å². The Kier molecular flexibility index (Phi) is 7.75. The van der Waals surface area contributed by atoms with Gasteiger partial charge >= 0.3 is 0 Å². The predicted molar refractivity (Wildman–Crippen MR) is 253 cm³/mol. The van der Waals surface area contributed by atoms with Gasteiger partial charge in [0, 0.05) is 64.8 Å². The first-order valence-electron chi connectivity index (χ1n) is 20.1. The largest absolute Gasteiger partial charge is 0.456 e. The van der Waals surface area contributed by atoms with Crippen LogP contribution in [0.5, 0.6) is 0 Å². The van der Waals surface area contributed by atoms with Crippen molar-refractivity contribution in [1.29, 1.82) is 0 Å². The SMILES string of the molecule is c1ccc(-c2ccccc2-c2c(N(c3ccc4c(c3)oc3ccccc34)c3ccccc3-c3cccc4c3sc3ccccc34)c3ccccc3c3ccccc23)cc1. The average Bonchev–Trinajstić information content (AvgIpc) is 3.88. The molecule has 0 N–H and O–H groups in total. The van der Waals surface area contributed by atoms with Gasteiger partial charge in [-0.05, 0) is 63.2 Å². The number of thiophene rings is 1. The molecule has 2 aromatic heterocycles. The van der Waals surface area contributed by atoms with Gasteiger partial charge in [-0.2, -0.15) is 0 Å². The molecule has 10 aromatic carbocycles. The Bertz CT molecular complexity index is 3580. The molecule has 0 atom stereocenters. The normalized spacial score (nSPS) is 11.7. The van der Waals surface area contributed by atoms with Crippen LogP contribution in [0.1, 0.15) is 0 Å². The van der Waals surface area contributed by atoms with E-state index in [-0.39, 0.29) is 0 Å². The maximum atomic E-state index is 6.65. The zero-order chi connectivity index (χ0) is 38.9. The minimum absolute atomic E-state index is 0.856. The zero-order valence-corrected chi connectivity index (χ0v) is 32.8. The fourth-order valence-corrected chi connectivity index (χ4v) is 10.5. The number of fused-ring (bicyclic) bond motifs is 9. The van der Waals surface area contributed by atoms with E-state index in [0.717, 1.165) is 44.6 Å². The van der Waals surface area contributed by atoms with Gasteiger partial charge in [-0.25, -0.2) is 0 Å². The molecular formula is C56H35NOS. The maximum Gasteiger partial charge on any atom is 0.137 e. The molecule has 59 heavy (non-hydrogen) atoms. The molecule has 0 amide bonds. The summed E-state index contributed by atoms with van der Waals surface area (Å²) in [7, 11) is 0. The molecule has 0 saturated heterocycles. The van der Waals surface area contributed by atoms with Crippen molar-refractivity contribution in [2.75, 3.05) is 4.90 Å². The highest BCUT2D eigenvalue weighted by atomic mass is 32.1. The Labute approximate surface area is 345 Å². The van der Waals surface area contributed by atoms with E-state index >= 15 is 0 Å². The van der Waals surface area contributed by atoms with Gasteiger partial charge in [-0.15, -0.1) is 11.3 Å². The van der Waals surface area contributed by atoms with E-state index in [1.807, 2.05) is 17.4 Å². The van der Waals surface area contributed by atoms with Crippen LogP contribution < -0.4 is 4.90 Å². The monoisotopic (exact) mass is 769 g/mol. The molecule has 0 bridgehead atoms. The molecule has 0 aliphatic carbocycles. The standard InChI is InChI=1S/C56H35NOS/c1-2-17-36(18-3-1)38-19-4-7-25-45(38)54-46-26-8-5-20-39(46)40-21-6-9-27-47(40)55(54)57(37-33-34-43-42-23-11-14-31-51(42)58-52(43)35-37)50-30-13-10-22-41(50)48-28-16-29-49-44-24-12-15-32-53(44)59-56(48)49/h1-35H. The van der Waals surface area contributed by atoms with Gasteiger partial charge in [0.15, 0.2) is 0 Å². The number of hydrogen-bond acceptors (Lipinski definition) is 3. The first-order valence-corrected chi connectivity index (χ1v) is 20.9. The second-order valence-electron chi connectivity index (χ2n) is 15.1. The van der Waals surface area contributed by atoms with Crippen LogP contribution in [0.2, 0.25) is 0 Å². The van der Waals surface area contributed by atoms with Gasteiger partial charge in [-0.3, -0.25) is 0 Å². The number of anilines is 3. The van der Waals surface area contributed by atoms with Crippen LogP contribution in [0.4, 0.5) is 17.1 Å². The Morgan fingerprint density at radius 3 is 1.76 bits per heavy atom. The third-order valence-electron chi connectivity index (χ3n) is 11.9. The molecule has 3 heteroatoms. The highest BCUT2D eigenvalue weighted by Gasteiger charge is 2.27. The van der Waals surface area contributed by atoms with E-state index in [1.165, 1.54) is 69.5 Å². The lowest BCUT2D eigenvalue weighted by molar-refractivity contribution is 0.669. The minimum atomic E-state index is 0.856.